The number of benzene rings is 2. The monoisotopic (exact) mass is 292 g/mol. The standard InChI is InChI=1S/C16H12N4O2/c17-16(22)10-3-5-11(6-4-10)19-20-13-7-8-14(21)15-12(13)2-1-9-18-15/h1-9,21H,(H2,17,22). The van der Waals surface area contributed by atoms with Crippen molar-refractivity contribution in [1.82, 2.24) is 4.98 Å². The Morgan fingerprint density at radius 1 is 1.05 bits per heavy atom. The van der Waals surface area contributed by atoms with Crippen LogP contribution in [0, 0.1) is 0 Å². The Balaban J connectivity index is 1.96. The number of hydrogen-bond donors (Lipinski definition) is 2. The van der Waals surface area contributed by atoms with E-state index in [-0.39, 0.29) is 5.75 Å². The molecule has 6 nitrogen and oxygen atoms in total. The summed E-state index contributed by atoms with van der Waals surface area (Å²) < 4.78 is 0. The second kappa shape index (κ2) is 5.61. The highest BCUT2D eigenvalue weighted by molar-refractivity contribution is 5.94. The van der Waals surface area contributed by atoms with Crippen molar-refractivity contribution in [3.05, 3.63) is 60.3 Å². The van der Waals surface area contributed by atoms with E-state index >= 15 is 0 Å². The molecular formula is C16H12N4O2. The second-order valence-electron chi connectivity index (χ2n) is 4.61. The normalized spacial score (nSPS) is 11.1. The van der Waals surface area contributed by atoms with E-state index in [9.17, 15) is 9.90 Å². The molecule has 3 rings (SSSR count). The molecule has 22 heavy (non-hydrogen) atoms. The predicted molar refractivity (Wildman–Crippen MR) is 82.5 cm³/mol. The predicted octanol–water partition coefficient (Wildman–Crippen LogP) is 3.45. The first kappa shape index (κ1) is 13.7. The molecule has 0 atom stereocenters. The maximum absolute atomic E-state index is 11.0. The molecule has 0 fully saturated rings. The number of amides is 1. The zero-order chi connectivity index (χ0) is 15.5. The molecule has 1 aromatic heterocycles. The van der Waals surface area contributed by atoms with Crippen molar-refractivity contribution in [2.24, 2.45) is 16.0 Å². The minimum absolute atomic E-state index is 0.0976. The number of nitrogens with zero attached hydrogens (tertiary/aromatic N) is 3. The van der Waals surface area contributed by atoms with Crippen LogP contribution < -0.4 is 5.73 Å². The summed E-state index contributed by atoms with van der Waals surface area (Å²) in [6.07, 6.45) is 1.60. The number of aromatic hydroxyl groups is 1. The molecule has 0 aliphatic heterocycles. The van der Waals surface area contributed by atoms with Gasteiger partial charge in [0.1, 0.15) is 11.3 Å². The molecule has 0 bridgehead atoms. The molecule has 0 spiro atoms. The van der Waals surface area contributed by atoms with Crippen LogP contribution in [-0.2, 0) is 0 Å². The van der Waals surface area contributed by atoms with Crippen LogP contribution in [0.25, 0.3) is 10.9 Å². The first-order valence-corrected chi connectivity index (χ1v) is 6.53. The number of fused-ring (bicyclic) bond motifs is 1. The number of hydrogen-bond acceptors (Lipinski definition) is 5. The Hall–Kier alpha value is -3.28. The lowest BCUT2D eigenvalue weighted by molar-refractivity contribution is 0.100. The number of carbonyl (C=O) groups excluding carboxylic acids is 1. The summed E-state index contributed by atoms with van der Waals surface area (Å²) >= 11 is 0. The number of nitrogens with two attached hydrogens (primary N) is 1. The maximum Gasteiger partial charge on any atom is 0.248 e. The number of azo groups is 1. The minimum atomic E-state index is -0.487. The molecule has 3 aromatic rings. The zero-order valence-electron chi connectivity index (χ0n) is 11.5. The van der Waals surface area contributed by atoms with E-state index in [2.05, 4.69) is 15.2 Å². The van der Waals surface area contributed by atoms with Crippen LogP contribution >= 0.6 is 0 Å². The Labute approximate surface area is 125 Å². The van der Waals surface area contributed by atoms with Gasteiger partial charge in [-0.2, -0.15) is 5.11 Å². The van der Waals surface area contributed by atoms with Crippen LogP contribution in [-0.4, -0.2) is 16.0 Å². The summed E-state index contributed by atoms with van der Waals surface area (Å²) in [5, 5.41) is 18.8. The van der Waals surface area contributed by atoms with Gasteiger partial charge in [0.15, 0.2) is 0 Å². The van der Waals surface area contributed by atoms with Crippen LogP contribution in [0.5, 0.6) is 5.75 Å². The summed E-state index contributed by atoms with van der Waals surface area (Å²) in [5.74, 6) is -0.389. The molecule has 0 unspecified atom stereocenters. The van der Waals surface area contributed by atoms with Crippen molar-refractivity contribution in [3.8, 4) is 5.75 Å². The molecular weight excluding hydrogens is 280 g/mol. The van der Waals surface area contributed by atoms with Gasteiger partial charge in [0, 0.05) is 17.1 Å². The zero-order valence-corrected chi connectivity index (χ0v) is 11.5. The Kier molecular flexibility index (Phi) is 3.49. The fraction of sp³-hybridized carbons (Fsp3) is 0. The van der Waals surface area contributed by atoms with Crippen LogP contribution in [0.15, 0.2) is 65.0 Å². The number of phenols is 1. The molecule has 3 N–H and O–H groups in total. The van der Waals surface area contributed by atoms with Crippen molar-refractivity contribution in [2.45, 2.75) is 0 Å². The molecule has 2 aromatic carbocycles. The van der Waals surface area contributed by atoms with Gasteiger partial charge < -0.3 is 10.8 Å². The van der Waals surface area contributed by atoms with E-state index < -0.39 is 5.91 Å². The van der Waals surface area contributed by atoms with E-state index in [4.69, 9.17) is 5.73 Å². The quantitative estimate of drug-likeness (QED) is 0.723. The van der Waals surface area contributed by atoms with Gasteiger partial charge in [-0.25, -0.2) is 0 Å². The van der Waals surface area contributed by atoms with Gasteiger partial charge in [-0.1, -0.05) is 0 Å². The number of phenolic OH excluding ortho intramolecular Hbond substituents is 1. The summed E-state index contributed by atoms with van der Waals surface area (Å²) in [6, 6.07) is 13.3. The number of rotatable bonds is 3. The van der Waals surface area contributed by atoms with Crippen LogP contribution in [0.1, 0.15) is 10.4 Å². The van der Waals surface area contributed by atoms with E-state index in [0.717, 1.165) is 0 Å². The second-order valence-corrected chi connectivity index (χ2v) is 4.61. The lowest BCUT2D eigenvalue weighted by Crippen LogP contribution is -2.10. The fourth-order valence-corrected chi connectivity index (χ4v) is 2.03. The molecule has 0 aliphatic rings. The summed E-state index contributed by atoms with van der Waals surface area (Å²) in [6.45, 7) is 0. The Bertz CT molecular complexity index is 873. The van der Waals surface area contributed by atoms with Crippen molar-refractivity contribution < 1.29 is 9.90 Å². The van der Waals surface area contributed by atoms with Gasteiger partial charge >= 0.3 is 0 Å². The average molecular weight is 292 g/mol. The maximum atomic E-state index is 11.0. The molecule has 0 saturated carbocycles. The van der Waals surface area contributed by atoms with E-state index in [1.807, 2.05) is 6.07 Å². The van der Waals surface area contributed by atoms with E-state index in [1.54, 1.807) is 42.6 Å². The third-order valence-corrected chi connectivity index (χ3v) is 3.15. The third-order valence-electron chi connectivity index (χ3n) is 3.15. The largest absolute Gasteiger partial charge is 0.506 e. The Morgan fingerprint density at radius 2 is 1.82 bits per heavy atom. The minimum Gasteiger partial charge on any atom is -0.506 e. The first-order chi connectivity index (χ1) is 10.6. The summed E-state index contributed by atoms with van der Waals surface area (Å²) in [4.78, 5) is 15.1. The van der Waals surface area contributed by atoms with Gasteiger partial charge in [-0.15, -0.1) is 5.11 Å². The van der Waals surface area contributed by atoms with Crippen molar-refractivity contribution in [1.29, 1.82) is 0 Å². The molecule has 6 heteroatoms. The van der Waals surface area contributed by atoms with Crippen LogP contribution in [0.4, 0.5) is 11.4 Å². The number of primary amides is 1. The lowest BCUT2D eigenvalue weighted by Gasteiger charge is -2.02. The highest BCUT2D eigenvalue weighted by Crippen LogP contribution is 2.31. The molecule has 0 saturated heterocycles. The van der Waals surface area contributed by atoms with Crippen LogP contribution in [0.3, 0.4) is 0 Å². The lowest BCUT2D eigenvalue weighted by atomic mass is 10.2. The van der Waals surface area contributed by atoms with Crippen molar-refractivity contribution in [3.63, 3.8) is 0 Å². The average Bonchev–Trinajstić information content (AvgIpc) is 2.55. The van der Waals surface area contributed by atoms with Gasteiger partial charge in [0.2, 0.25) is 5.91 Å². The smallest absolute Gasteiger partial charge is 0.248 e. The topological polar surface area (TPSA) is 101 Å². The van der Waals surface area contributed by atoms with E-state index in [1.165, 1.54) is 6.07 Å². The van der Waals surface area contributed by atoms with E-state index in [0.29, 0.717) is 27.8 Å². The van der Waals surface area contributed by atoms with Crippen molar-refractivity contribution >= 4 is 28.2 Å². The molecule has 0 aliphatic carbocycles. The Morgan fingerprint density at radius 3 is 2.55 bits per heavy atom. The number of carbonyl (C=O) groups is 1. The SMILES string of the molecule is NC(=O)c1ccc(N=Nc2ccc(O)c3ncccc23)cc1. The molecule has 0 radical (unpaired) electrons. The van der Waals surface area contributed by atoms with Crippen LogP contribution in [0.2, 0.25) is 0 Å². The third kappa shape index (κ3) is 2.62. The highest BCUT2D eigenvalue weighted by Gasteiger charge is 2.05. The molecule has 108 valence electrons. The van der Waals surface area contributed by atoms with Gasteiger partial charge in [0.25, 0.3) is 0 Å². The highest BCUT2D eigenvalue weighted by atomic mass is 16.3. The summed E-state index contributed by atoms with van der Waals surface area (Å²) in [7, 11) is 0. The first-order valence-electron chi connectivity index (χ1n) is 6.53. The van der Waals surface area contributed by atoms with Gasteiger partial charge in [-0.3, -0.25) is 9.78 Å². The number of aromatic nitrogens is 1. The van der Waals surface area contributed by atoms with Gasteiger partial charge in [-0.05, 0) is 48.5 Å². The van der Waals surface area contributed by atoms with Gasteiger partial charge in [0.05, 0.1) is 11.4 Å². The fourth-order valence-electron chi connectivity index (χ4n) is 2.03. The molecule has 1 amide bonds. The summed E-state index contributed by atoms with van der Waals surface area (Å²) in [5.41, 5.74) is 7.26. The van der Waals surface area contributed by atoms with Crippen molar-refractivity contribution in [2.75, 3.05) is 0 Å². The number of pyridine rings is 1. The molecule has 1 heterocycles.